The lowest BCUT2D eigenvalue weighted by atomic mass is 10.1. The maximum atomic E-state index is 13.0. The monoisotopic (exact) mass is 530 g/mol. The van der Waals surface area contributed by atoms with Crippen LogP contribution in [-0.2, 0) is 19.7 Å². The van der Waals surface area contributed by atoms with Crippen molar-refractivity contribution in [1.29, 1.82) is 0 Å². The average molecular weight is 531 g/mol. The first kappa shape index (κ1) is 24.5. The third-order valence-electron chi connectivity index (χ3n) is 5.01. The van der Waals surface area contributed by atoms with Gasteiger partial charge >= 0.3 is 16.1 Å². The smallest absolute Gasteiger partial charge is 0.339 e. The van der Waals surface area contributed by atoms with Crippen LogP contribution in [0.4, 0.5) is 10.5 Å². The van der Waals surface area contributed by atoms with Gasteiger partial charge in [-0.05, 0) is 60.5 Å². The molecule has 0 unspecified atom stereocenters. The summed E-state index contributed by atoms with van der Waals surface area (Å²) in [5.41, 5.74) is 0.907. The minimum Gasteiger partial charge on any atom is -0.377 e. The van der Waals surface area contributed by atoms with Gasteiger partial charge in [-0.15, -0.1) is 0 Å². The highest BCUT2D eigenvalue weighted by molar-refractivity contribution is 7.87. The van der Waals surface area contributed by atoms with Crippen LogP contribution in [0.25, 0.3) is 6.08 Å². The molecule has 0 saturated carbocycles. The molecular weight excluding hydrogens is 515 g/mol. The lowest BCUT2D eigenvalue weighted by molar-refractivity contribution is -0.122. The molecule has 11 heteroatoms. The number of barbiturate groups is 1. The van der Waals surface area contributed by atoms with Gasteiger partial charge < -0.3 is 4.18 Å². The van der Waals surface area contributed by atoms with Crippen molar-refractivity contribution < 1.29 is 27.0 Å². The van der Waals surface area contributed by atoms with Gasteiger partial charge in [0.1, 0.15) is 10.5 Å². The van der Waals surface area contributed by atoms with Gasteiger partial charge in [-0.25, -0.2) is 9.69 Å². The number of benzene rings is 3. The lowest BCUT2D eigenvalue weighted by Gasteiger charge is -2.26. The molecule has 1 aliphatic rings. The number of urea groups is 1. The van der Waals surface area contributed by atoms with Gasteiger partial charge in [0.25, 0.3) is 11.8 Å². The Morgan fingerprint density at radius 2 is 1.63 bits per heavy atom. The summed E-state index contributed by atoms with van der Waals surface area (Å²) in [5, 5.41) is 2.39. The van der Waals surface area contributed by atoms with Gasteiger partial charge in [0.2, 0.25) is 0 Å². The molecule has 1 N–H and O–H groups in total. The Morgan fingerprint density at radius 3 is 2.29 bits per heavy atom. The van der Waals surface area contributed by atoms with Crippen LogP contribution in [0.1, 0.15) is 11.1 Å². The van der Waals surface area contributed by atoms with Crippen molar-refractivity contribution in [2.75, 3.05) is 4.90 Å². The Hall–Kier alpha value is -3.66. The van der Waals surface area contributed by atoms with Crippen LogP contribution in [0.3, 0.4) is 0 Å². The zero-order valence-corrected chi connectivity index (χ0v) is 20.3. The van der Waals surface area contributed by atoms with Crippen LogP contribution in [0.5, 0.6) is 5.75 Å². The molecule has 3 aromatic rings. The number of halogens is 2. The summed E-state index contributed by atoms with van der Waals surface area (Å²) in [5.74, 6) is -1.89. The van der Waals surface area contributed by atoms with Crippen LogP contribution in [0, 0.1) is 6.92 Å². The number of hydrogen-bond acceptors (Lipinski definition) is 6. The van der Waals surface area contributed by atoms with E-state index < -0.39 is 28.0 Å². The molecular formula is C24H16Cl2N2O6S. The largest absolute Gasteiger partial charge is 0.377 e. The number of nitrogens with zero attached hydrogens (tertiary/aromatic N) is 1. The van der Waals surface area contributed by atoms with E-state index in [9.17, 15) is 22.8 Å². The molecule has 0 spiro atoms. The van der Waals surface area contributed by atoms with Gasteiger partial charge in [0.05, 0.1) is 10.7 Å². The third kappa shape index (κ3) is 5.07. The molecule has 1 aliphatic heterocycles. The number of nitrogens with one attached hydrogen (secondary N) is 1. The molecule has 1 heterocycles. The second-order valence-electron chi connectivity index (χ2n) is 7.43. The van der Waals surface area contributed by atoms with Crippen LogP contribution in [-0.4, -0.2) is 26.3 Å². The molecule has 4 rings (SSSR count). The molecule has 0 radical (unpaired) electrons. The van der Waals surface area contributed by atoms with Crippen LogP contribution in [0.15, 0.2) is 77.2 Å². The number of imide groups is 2. The Labute approximate surface area is 210 Å². The number of hydrogen-bond donors (Lipinski definition) is 1. The van der Waals surface area contributed by atoms with Crippen molar-refractivity contribution >= 4 is 62.9 Å². The fourth-order valence-corrected chi connectivity index (χ4v) is 4.62. The Kier molecular flexibility index (Phi) is 6.66. The zero-order valence-electron chi connectivity index (χ0n) is 18.0. The van der Waals surface area contributed by atoms with Crippen molar-refractivity contribution in [3.8, 4) is 5.75 Å². The summed E-state index contributed by atoms with van der Waals surface area (Å²) >= 11 is 12.3. The molecule has 1 saturated heterocycles. The van der Waals surface area contributed by atoms with Crippen molar-refractivity contribution in [1.82, 2.24) is 5.32 Å². The fourth-order valence-electron chi connectivity index (χ4n) is 3.21. The van der Waals surface area contributed by atoms with Crippen molar-refractivity contribution in [2.24, 2.45) is 0 Å². The van der Waals surface area contributed by atoms with E-state index in [2.05, 4.69) is 5.32 Å². The average Bonchev–Trinajstić information content (AvgIpc) is 2.81. The molecule has 4 amide bonds. The molecule has 0 bridgehead atoms. The van der Waals surface area contributed by atoms with Gasteiger partial charge in [0, 0.05) is 5.02 Å². The Balaban J connectivity index is 1.63. The first-order chi connectivity index (χ1) is 16.6. The van der Waals surface area contributed by atoms with Crippen molar-refractivity contribution in [3.05, 3.63) is 93.5 Å². The highest BCUT2D eigenvalue weighted by Gasteiger charge is 2.37. The van der Waals surface area contributed by atoms with E-state index in [0.717, 1.165) is 10.5 Å². The molecule has 0 aliphatic carbocycles. The fraction of sp³-hybridized carbons (Fsp3) is 0.0417. The van der Waals surface area contributed by atoms with Gasteiger partial charge in [-0.2, -0.15) is 8.42 Å². The number of aryl methyl sites for hydroxylation is 1. The van der Waals surface area contributed by atoms with Crippen molar-refractivity contribution in [2.45, 2.75) is 11.8 Å². The predicted molar refractivity (Wildman–Crippen MR) is 131 cm³/mol. The van der Waals surface area contributed by atoms with E-state index in [4.69, 9.17) is 27.4 Å². The van der Waals surface area contributed by atoms with Crippen LogP contribution < -0.4 is 14.4 Å². The quantitative estimate of drug-likeness (QED) is 0.290. The summed E-state index contributed by atoms with van der Waals surface area (Å²) in [7, 11) is -4.12. The summed E-state index contributed by atoms with van der Waals surface area (Å²) in [4.78, 5) is 38.6. The minimum absolute atomic E-state index is 0.0484. The minimum atomic E-state index is -4.12. The summed E-state index contributed by atoms with van der Waals surface area (Å²) in [6, 6.07) is 15.3. The first-order valence-electron chi connectivity index (χ1n) is 10.0. The molecule has 0 atom stereocenters. The number of anilines is 1. The van der Waals surface area contributed by atoms with Crippen LogP contribution >= 0.6 is 23.2 Å². The van der Waals surface area contributed by atoms with E-state index in [1.54, 1.807) is 31.2 Å². The van der Waals surface area contributed by atoms with Gasteiger partial charge in [0.15, 0.2) is 5.75 Å². The highest BCUT2D eigenvalue weighted by Crippen LogP contribution is 2.31. The molecule has 0 aromatic heterocycles. The second kappa shape index (κ2) is 9.53. The SMILES string of the molecule is Cc1ccc(N2C(=O)NC(=O)/C(=C\c3ccc(OS(=O)(=O)c4ccccc4)c(Cl)c3)C2=O)cc1Cl. The van der Waals surface area contributed by atoms with E-state index >= 15 is 0 Å². The normalized spacial score (nSPS) is 15.3. The summed E-state index contributed by atoms with van der Waals surface area (Å²) in [6.45, 7) is 1.77. The van der Waals surface area contributed by atoms with E-state index in [-0.39, 0.29) is 26.9 Å². The maximum Gasteiger partial charge on any atom is 0.339 e. The highest BCUT2D eigenvalue weighted by atomic mass is 35.5. The standard InChI is InChI=1S/C24H16Cl2N2O6S/c1-14-7-9-16(13-19(14)25)28-23(30)18(22(29)27-24(28)31)11-15-8-10-21(20(26)12-15)34-35(32,33)17-5-3-2-4-6-17/h2-13H,1H3,(H,27,29,31)/b18-11+. The molecule has 1 fully saturated rings. The molecule has 35 heavy (non-hydrogen) atoms. The maximum absolute atomic E-state index is 13.0. The lowest BCUT2D eigenvalue weighted by Crippen LogP contribution is -2.54. The van der Waals surface area contributed by atoms with E-state index in [1.807, 2.05) is 0 Å². The molecule has 178 valence electrons. The summed E-state index contributed by atoms with van der Waals surface area (Å²) in [6.07, 6.45) is 1.23. The first-order valence-corrected chi connectivity index (χ1v) is 12.2. The Morgan fingerprint density at radius 1 is 0.914 bits per heavy atom. The second-order valence-corrected chi connectivity index (χ2v) is 9.79. The Bertz CT molecular complexity index is 1500. The number of amides is 4. The van der Waals surface area contributed by atoms with E-state index in [0.29, 0.717) is 10.6 Å². The van der Waals surface area contributed by atoms with Gasteiger partial charge in [-0.1, -0.05) is 53.5 Å². The molecule has 3 aromatic carbocycles. The topological polar surface area (TPSA) is 110 Å². The number of rotatable bonds is 5. The number of carbonyl (C=O) groups excluding carboxylic acids is 3. The number of carbonyl (C=O) groups is 3. The van der Waals surface area contributed by atoms with Gasteiger partial charge in [-0.3, -0.25) is 14.9 Å². The predicted octanol–water partition coefficient (Wildman–Crippen LogP) is 4.74. The third-order valence-corrected chi connectivity index (χ3v) is 6.96. The van der Waals surface area contributed by atoms with Crippen LogP contribution in [0.2, 0.25) is 10.0 Å². The summed E-state index contributed by atoms with van der Waals surface area (Å²) < 4.78 is 30.0. The van der Waals surface area contributed by atoms with Crippen molar-refractivity contribution in [3.63, 3.8) is 0 Å². The molecule has 8 nitrogen and oxygen atoms in total. The van der Waals surface area contributed by atoms with E-state index in [1.165, 1.54) is 48.5 Å². The zero-order chi connectivity index (χ0) is 25.3.